The highest BCUT2D eigenvalue weighted by molar-refractivity contribution is 7.85. The molecule has 116 valence electrons. The molecule has 5 nitrogen and oxygen atoms in total. The van der Waals surface area contributed by atoms with Crippen LogP contribution in [0.15, 0.2) is 23.1 Å². The number of benzene rings is 1. The van der Waals surface area contributed by atoms with E-state index in [1.165, 1.54) is 0 Å². The maximum Gasteiger partial charge on any atom is 0.335 e. The Morgan fingerprint density at radius 2 is 2.33 bits per heavy atom. The summed E-state index contributed by atoms with van der Waals surface area (Å²) in [6.07, 6.45) is -0.229. The topological polar surface area (TPSA) is 66.8 Å². The van der Waals surface area contributed by atoms with Gasteiger partial charge in [-0.3, -0.25) is 9.11 Å². The molecule has 1 aliphatic heterocycles. The van der Waals surface area contributed by atoms with Gasteiger partial charge in [0.1, 0.15) is 5.82 Å². The number of carboxylic acids is 1. The first-order chi connectivity index (χ1) is 10.0. The van der Waals surface area contributed by atoms with E-state index in [0.717, 1.165) is 31.3 Å². The van der Waals surface area contributed by atoms with Crippen molar-refractivity contribution in [3.05, 3.63) is 29.6 Å². The average molecular weight is 315 g/mol. The molecule has 2 rings (SSSR count). The Bertz CT molecular complexity index is 552. The number of morpholine rings is 1. The summed E-state index contributed by atoms with van der Waals surface area (Å²) in [5.41, 5.74) is -0.0699. The van der Waals surface area contributed by atoms with Gasteiger partial charge in [0.05, 0.1) is 39.7 Å². The van der Waals surface area contributed by atoms with Crippen molar-refractivity contribution in [2.45, 2.75) is 17.9 Å². The van der Waals surface area contributed by atoms with E-state index in [2.05, 4.69) is 4.90 Å². The van der Waals surface area contributed by atoms with E-state index in [1.54, 1.807) is 0 Å². The van der Waals surface area contributed by atoms with Crippen molar-refractivity contribution in [3.8, 4) is 0 Å². The molecular weight excluding hydrogens is 297 g/mol. The minimum Gasteiger partial charge on any atom is -0.478 e. The zero-order valence-electron chi connectivity index (χ0n) is 11.8. The van der Waals surface area contributed by atoms with Crippen LogP contribution in [-0.2, 0) is 15.5 Å². The van der Waals surface area contributed by atoms with Crippen molar-refractivity contribution in [1.82, 2.24) is 4.90 Å². The second-order valence-electron chi connectivity index (χ2n) is 4.85. The lowest BCUT2D eigenvalue weighted by Gasteiger charge is -2.31. The van der Waals surface area contributed by atoms with Crippen LogP contribution in [0.25, 0.3) is 0 Å². The lowest BCUT2D eigenvalue weighted by molar-refractivity contribution is -0.0141. The monoisotopic (exact) mass is 315 g/mol. The Kier molecular flexibility index (Phi) is 5.44. The normalized spacial score (nSPS) is 21.1. The number of nitrogens with zero attached hydrogens (tertiary/aromatic N) is 1. The van der Waals surface area contributed by atoms with E-state index in [9.17, 15) is 13.4 Å². The van der Waals surface area contributed by atoms with E-state index in [-0.39, 0.29) is 22.3 Å². The predicted molar refractivity (Wildman–Crippen MR) is 76.5 cm³/mol. The Balaban J connectivity index is 2.09. The Labute approximate surface area is 125 Å². The van der Waals surface area contributed by atoms with Gasteiger partial charge in [0.15, 0.2) is 0 Å². The van der Waals surface area contributed by atoms with Gasteiger partial charge in [-0.25, -0.2) is 9.18 Å². The third kappa shape index (κ3) is 4.09. The maximum absolute atomic E-state index is 13.7. The predicted octanol–water partition coefficient (Wildman–Crippen LogP) is 1.35. The minimum absolute atomic E-state index is 0.0699. The molecule has 0 saturated carbocycles. The molecule has 1 aromatic carbocycles. The molecule has 0 bridgehead atoms. The average Bonchev–Trinajstić information content (AvgIpc) is 2.47. The summed E-state index contributed by atoms with van der Waals surface area (Å²) in [7, 11) is -1.63. The fraction of sp³-hybridized carbons (Fsp3) is 0.500. The molecule has 1 heterocycles. The van der Waals surface area contributed by atoms with Crippen molar-refractivity contribution < 1.29 is 23.2 Å². The van der Waals surface area contributed by atoms with Crippen molar-refractivity contribution in [2.75, 3.05) is 32.0 Å². The molecule has 0 aromatic heterocycles. The summed E-state index contributed by atoms with van der Waals surface area (Å²) in [4.78, 5) is 13.0. The van der Waals surface area contributed by atoms with E-state index in [0.29, 0.717) is 13.2 Å². The molecule has 0 spiro atoms. The molecule has 0 aliphatic carbocycles. The molecule has 0 amide bonds. The summed E-state index contributed by atoms with van der Waals surface area (Å²) >= 11 is 0. The van der Waals surface area contributed by atoms with Gasteiger partial charge in [0, 0.05) is 13.1 Å². The molecule has 2 unspecified atom stereocenters. The molecule has 1 saturated heterocycles. The van der Waals surface area contributed by atoms with Gasteiger partial charge < -0.3 is 9.84 Å². The summed E-state index contributed by atoms with van der Waals surface area (Å²) < 4.78 is 31.6. The van der Waals surface area contributed by atoms with Gasteiger partial charge in [-0.15, -0.1) is 0 Å². The number of likely N-dealkylation sites (N-methyl/N-ethyl adjacent to an activating group) is 1. The van der Waals surface area contributed by atoms with Crippen LogP contribution in [0.1, 0.15) is 17.3 Å². The van der Waals surface area contributed by atoms with Crippen LogP contribution < -0.4 is 0 Å². The molecule has 2 atom stereocenters. The lowest BCUT2D eigenvalue weighted by atomic mass is 10.2. The molecule has 1 aliphatic rings. The highest BCUT2D eigenvalue weighted by Crippen LogP contribution is 2.17. The third-order valence-electron chi connectivity index (χ3n) is 3.43. The van der Waals surface area contributed by atoms with E-state index >= 15 is 0 Å². The fourth-order valence-corrected chi connectivity index (χ4v) is 3.50. The zero-order valence-corrected chi connectivity index (χ0v) is 12.6. The van der Waals surface area contributed by atoms with Crippen molar-refractivity contribution >= 4 is 16.8 Å². The van der Waals surface area contributed by atoms with Crippen molar-refractivity contribution in [3.63, 3.8) is 0 Å². The summed E-state index contributed by atoms with van der Waals surface area (Å²) in [6, 6.07) is 3.33. The SMILES string of the molecule is CCN1CCOC(CS(=O)c2cc(C(=O)O)ccc2F)C1. The number of carboxylic acid groups (broad SMARTS) is 1. The smallest absolute Gasteiger partial charge is 0.335 e. The van der Waals surface area contributed by atoms with Gasteiger partial charge in [-0.1, -0.05) is 6.92 Å². The quantitative estimate of drug-likeness (QED) is 0.888. The van der Waals surface area contributed by atoms with E-state index in [4.69, 9.17) is 9.84 Å². The molecule has 1 N–H and O–H groups in total. The van der Waals surface area contributed by atoms with Crippen LogP contribution in [0.3, 0.4) is 0 Å². The van der Waals surface area contributed by atoms with Crippen molar-refractivity contribution in [2.24, 2.45) is 0 Å². The Morgan fingerprint density at radius 1 is 1.57 bits per heavy atom. The Hall–Kier alpha value is -1.31. The van der Waals surface area contributed by atoms with Crippen LogP contribution in [0, 0.1) is 5.82 Å². The minimum atomic E-state index is -1.63. The number of rotatable bonds is 5. The van der Waals surface area contributed by atoms with Crippen LogP contribution in [0.2, 0.25) is 0 Å². The lowest BCUT2D eigenvalue weighted by Crippen LogP contribution is -2.44. The highest BCUT2D eigenvalue weighted by atomic mass is 32.2. The second-order valence-corrected chi connectivity index (χ2v) is 6.31. The maximum atomic E-state index is 13.7. The number of aromatic carboxylic acids is 1. The zero-order chi connectivity index (χ0) is 15.4. The first-order valence-corrected chi connectivity index (χ1v) is 8.08. The molecule has 1 aromatic rings. The highest BCUT2D eigenvalue weighted by Gasteiger charge is 2.23. The van der Waals surface area contributed by atoms with Crippen LogP contribution in [-0.4, -0.2) is 58.3 Å². The number of carbonyl (C=O) groups is 1. The summed E-state index contributed by atoms with van der Waals surface area (Å²) in [5, 5.41) is 8.92. The van der Waals surface area contributed by atoms with Crippen LogP contribution in [0.4, 0.5) is 4.39 Å². The Morgan fingerprint density at radius 3 is 3.00 bits per heavy atom. The number of ether oxygens (including phenoxy) is 1. The van der Waals surface area contributed by atoms with Crippen LogP contribution >= 0.6 is 0 Å². The van der Waals surface area contributed by atoms with Gasteiger partial charge in [0.2, 0.25) is 0 Å². The standard InChI is InChI=1S/C14H18FNO4S/c1-2-16-5-6-20-11(8-16)9-21(19)13-7-10(14(17)18)3-4-12(13)15/h3-4,7,11H,2,5-6,8-9H2,1H3,(H,17,18). The van der Waals surface area contributed by atoms with Gasteiger partial charge in [-0.05, 0) is 24.7 Å². The molecular formula is C14H18FNO4S. The van der Waals surface area contributed by atoms with Crippen molar-refractivity contribution in [1.29, 1.82) is 0 Å². The molecule has 7 heteroatoms. The largest absolute Gasteiger partial charge is 0.478 e. The van der Waals surface area contributed by atoms with Gasteiger partial charge >= 0.3 is 5.97 Å². The summed E-state index contributed by atoms with van der Waals surface area (Å²) in [5.74, 6) is -1.66. The molecule has 0 radical (unpaired) electrons. The fourth-order valence-electron chi connectivity index (χ4n) is 2.24. The van der Waals surface area contributed by atoms with Gasteiger partial charge in [-0.2, -0.15) is 0 Å². The molecule has 21 heavy (non-hydrogen) atoms. The van der Waals surface area contributed by atoms with Crippen LogP contribution in [0.5, 0.6) is 0 Å². The third-order valence-corrected chi connectivity index (χ3v) is 4.91. The second kappa shape index (κ2) is 7.11. The number of halogens is 1. The first kappa shape index (κ1) is 16.1. The number of hydrogen-bond acceptors (Lipinski definition) is 4. The number of hydrogen-bond donors (Lipinski definition) is 1. The van der Waals surface area contributed by atoms with E-state index in [1.807, 2.05) is 6.92 Å². The van der Waals surface area contributed by atoms with E-state index < -0.39 is 22.6 Å². The first-order valence-electron chi connectivity index (χ1n) is 6.76. The van der Waals surface area contributed by atoms with Gasteiger partial charge in [0.25, 0.3) is 0 Å². The summed E-state index contributed by atoms with van der Waals surface area (Å²) in [6.45, 7) is 4.98. The molecule has 1 fully saturated rings.